The van der Waals surface area contributed by atoms with Gasteiger partial charge in [-0.3, -0.25) is 0 Å². The molecule has 0 saturated heterocycles. The third kappa shape index (κ3) is 4.75. The van der Waals surface area contributed by atoms with E-state index in [1.807, 2.05) is 74.5 Å². The molecular weight excluding hydrogens is 412 g/mol. The number of anilines is 1. The maximum atomic E-state index is 12.8. The number of aryl methyl sites for hydroxylation is 2. The highest BCUT2D eigenvalue weighted by Crippen LogP contribution is 2.29. The van der Waals surface area contributed by atoms with Crippen molar-refractivity contribution in [1.29, 1.82) is 0 Å². The van der Waals surface area contributed by atoms with E-state index in [1.165, 1.54) is 0 Å². The fourth-order valence-corrected chi connectivity index (χ4v) is 3.36. The van der Waals surface area contributed by atoms with E-state index in [0.29, 0.717) is 16.3 Å². The number of urea groups is 1. The third-order valence-corrected chi connectivity index (χ3v) is 5.29. The number of hydrogen-bond donors (Lipinski definition) is 2. The Balaban J connectivity index is 1.60. The van der Waals surface area contributed by atoms with Gasteiger partial charge in [0.25, 0.3) is 0 Å². The molecule has 0 fully saturated rings. The molecule has 6 nitrogen and oxygen atoms in total. The second kappa shape index (κ2) is 9.02. The van der Waals surface area contributed by atoms with Crippen molar-refractivity contribution in [2.24, 2.45) is 0 Å². The van der Waals surface area contributed by atoms with Crippen LogP contribution in [0.3, 0.4) is 0 Å². The van der Waals surface area contributed by atoms with Gasteiger partial charge in [0.15, 0.2) is 0 Å². The van der Waals surface area contributed by atoms with Crippen molar-refractivity contribution in [2.75, 3.05) is 5.32 Å². The van der Waals surface area contributed by atoms with Crippen molar-refractivity contribution < 1.29 is 9.21 Å². The number of rotatable bonds is 5. The minimum Gasteiger partial charge on any atom is -0.418 e. The molecule has 2 N–H and O–H groups in total. The number of amides is 2. The molecule has 1 aromatic heterocycles. The molecule has 0 aliphatic rings. The summed E-state index contributed by atoms with van der Waals surface area (Å²) < 4.78 is 5.90. The summed E-state index contributed by atoms with van der Waals surface area (Å²) >= 11 is 6.26. The topological polar surface area (TPSA) is 80.0 Å². The van der Waals surface area contributed by atoms with Crippen molar-refractivity contribution in [3.05, 3.63) is 100 Å². The Morgan fingerprint density at radius 1 is 0.935 bits per heavy atom. The zero-order valence-electron chi connectivity index (χ0n) is 17.1. The Morgan fingerprint density at radius 2 is 1.68 bits per heavy atom. The molecule has 0 bridgehead atoms. The predicted octanol–water partition coefficient (Wildman–Crippen LogP) is 5.92. The van der Waals surface area contributed by atoms with Crippen LogP contribution in [0, 0.1) is 13.8 Å². The summed E-state index contributed by atoms with van der Waals surface area (Å²) in [4.78, 5) is 12.8. The molecule has 0 aliphatic carbocycles. The van der Waals surface area contributed by atoms with Crippen LogP contribution in [0.4, 0.5) is 10.5 Å². The van der Waals surface area contributed by atoms with E-state index < -0.39 is 6.04 Å². The molecule has 0 radical (unpaired) electrons. The highest BCUT2D eigenvalue weighted by molar-refractivity contribution is 6.33. The molecule has 31 heavy (non-hydrogen) atoms. The molecule has 0 unspecified atom stereocenters. The first-order chi connectivity index (χ1) is 15.0. The molecule has 0 saturated carbocycles. The summed E-state index contributed by atoms with van der Waals surface area (Å²) in [5.74, 6) is 0.550. The van der Waals surface area contributed by atoms with Gasteiger partial charge in [0.05, 0.1) is 10.6 Å². The Kier molecular flexibility index (Phi) is 6.00. The Morgan fingerprint density at radius 3 is 2.42 bits per heavy atom. The lowest BCUT2D eigenvalue weighted by atomic mass is 10.1. The summed E-state index contributed by atoms with van der Waals surface area (Å²) in [6.07, 6.45) is 0. The van der Waals surface area contributed by atoms with E-state index in [-0.39, 0.29) is 17.8 Å². The van der Waals surface area contributed by atoms with Gasteiger partial charge in [-0.15, -0.1) is 10.2 Å². The fraction of sp³-hybridized carbons (Fsp3) is 0.125. The summed E-state index contributed by atoms with van der Waals surface area (Å²) in [7, 11) is 0. The number of aromatic nitrogens is 2. The van der Waals surface area contributed by atoms with E-state index >= 15 is 0 Å². The van der Waals surface area contributed by atoms with Crippen LogP contribution in [-0.4, -0.2) is 16.2 Å². The van der Waals surface area contributed by atoms with Gasteiger partial charge in [-0.25, -0.2) is 4.79 Å². The van der Waals surface area contributed by atoms with Crippen molar-refractivity contribution in [2.45, 2.75) is 19.9 Å². The van der Waals surface area contributed by atoms with Crippen LogP contribution < -0.4 is 10.6 Å². The SMILES string of the molecule is Cc1ccc(NC(=O)N[C@H](c2ccccc2)c2nnc(-c3ccccc3Cl)o2)cc1C. The zero-order valence-corrected chi connectivity index (χ0v) is 17.9. The monoisotopic (exact) mass is 432 g/mol. The number of nitrogens with one attached hydrogen (secondary N) is 2. The van der Waals surface area contributed by atoms with E-state index in [4.69, 9.17) is 16.0 Å². The first-order valence-corrected chi connectivity index (χ1v) is 10.2. The van der Waals surface area contributed by atoms with Gasteiger partial charge in [-0.1, -0.05) is 60.1 Å². The molecule has 0 aliphatic heterocycles. The highest BCUT2D eigenvalue weighted by atomic mass is 35.5. The average molecular weight is 433 g/mol. The summed E-state index contributed by atoms with van der Waals surface area (Å²) in [5, 5.41) is 14.6. The molecule has 1 heterocycles. The molecule has 0 spiro atoms. The largest absolute Gasteiger partial charge is 0.418 e. The Bertz CT molecular complexity index is 1210. The van der Waals surface area contributed by atoms with Crippen LogP contribution >= 0.6 is 11.6 Å². The molecular formula is C24H21ClN4O2. The lowest BCUT2D eigenvalue weighted by molar-refractivity contribution is 0.248. The van der Waals surface area contributed by atoms with Crippen molar-refractivity contribution in [3.8, 4) is 11.5 Å². The van der Waals surface area contributed by atoms with Crippen molar-refractivity contribution in [1.82, 2.24) is 15.5 Å². The summed E-state index contributed by atoms with van der Waals surface area (Å²) in [6.45, 7) is 4.02. The van der Waals surface area contributed by atoms with Gasteiger partial charge in [0.1, 0.15) is 6.04 Å². The molecule has 3 aromatic carbocycles. The van der Waals surface area contributed by atoms with Crippen LogP contribution in [-0.2, 0) is 0 Å². The molecule has 2 amide bonds. The van der Waals surface area contributed by atoms with Gasteiger partial charge >= 0.3 is 6.03 Å². The minimum atomic E-state index is -0.628. The molecule has 1 atom stereocenters. The Labute approximate surface area is 185 Å². The standard InChI is InChI=1S/C24H21ClN4O2/c1-15-12-13-18(14-16(15)2)26-24(30)27-21(17-8-4-3-5-9-17)23-29-28-22(31-23)19-10-6-7-11-20(19)25/h3-14,21H,1-2H3,(H2,26,27,30)/t21-/m1/s1. The van der Waals surface area contributed by atoms with E-state index in [0.717, 1.165) is 16.7 Å². The van der Waals surface area contributed by atoms with Crippen LogP contribution in [0.1, 0.15) is 28.6 Å². The molecule has 7 heteroatoms. The smallest absolute Gasteiger partial charge is 0.320 e. The van der Waals surface area contributed by atoms with Crippen LogP contribution in [0.15, 0.2) is 77.2 Å². The lowest BCUT2D eigenvalue weighted by Crippen LogP contribution is -2.33. The van der Waals surface area contributed by atoms with Gasteiger partial charge in [0.2, 0.25) is 11.8 Å². The maximum absolute atomic E-state index is 12.8. The number of nitrogens with zero attached hydrogens (tertiary/aromatic N) is 2. The number of benzene rings is 3. The summed E-state index contributed by atoms with van der Waals surface area (Å²) in [5.41, 5.74) is 4.40. The molecule has 4 aromatic rings. The van der Waals surface area contributed by atoms with Crippen LogP contribution in [0.2, 0.25) is 5.02 Å². The first kappa shape index (κ1) is 20.6. The van der Waals surface area contributed by atoms with E-state index in [2.05, 4.69) is 20.8 Å². The second-order valence-corrected chi connectivity index (χ2v) is 7.57. The van der Waals surface area contributed by atoms with Gasteiger partial charge in [0, 0.05) is 5.69 Å². The summed E-state index contributed by atoms with van der Waals surface area (Å²) in [6, 6.07) is 21.4. The van der Waals surface area contributed by atoms with Crippen molar-refractivity contribution in [3.63, 3.8) is 0 Å². The number of carbonyl (C=O) groups is 1. The quantitative estimate of drug-likeness (QED) is 0.410. The zero-order chi connectivity index (χ0) is 21.8. The predicted molar refractivity (Wildman–Crippen MR) is 121 cm³/mol. The van der Waals surface area contributed by atoms with Gasteiger partial charge < -0.3 is 15.1 Å². The van der Waals surface area contributed by atoms with Gasteiger partial charge in [-0.2, -0.15) is 0 Å². The van der Waals surface area contributed by atoms with Crippen molar-refractivity contribution >= 4 is 23.3 Å². The molecule has 156 valence electrons. The fourth-order valence-electron chi connectivity index (χ4n) is 3.15. The van der Waals surface area contributed by atoms with E-state index in [1.54, 1.807) is 12.1 Å². The van der Waals surface area contributed by atoms with E-state index in [9.17, 15) is 4.79 Å². The normalized spacial score (nSPS) is 11.7. The Hall–Kier alpha value is -3.64. The number of carbonyl (C=O) groups excluding carboxylic acids is 1. The average Bonchev–Trinajstić information content (AvgIpc) is 3.25. The number of halogens is 1. The second-order valence-electron chi connectivity index (χ2n) is 7.17. The minimum absolute atomic E-state index is 0.261. The lowest BCUT2D eigenvalue weighted by Gasteiger charge is -2.16. The first-order valence-electron chi connectivity index (χ1n) is 9.79. The maximum Gasteiger partial charge on any atom is 0.320 e. The van der Waals surface area contributed by atoms with Crippen LogP contribution in [0.5, 0.6) is 0 Å². The number of hydrogen-bond acceptors (Lipinski definition) is 4. The van der Waals surface area contributed by atoms with Gasteiger partial charge in [-0.05, 0) is 54.8 Å². The third-order valence-electron chi connectivity index (χ3n) is 4.96. The highest BCUT2D eigenvalue weighted by Gasteiger charge is 2.24. The van der Waals surface area contributed by atoms with Crippen LogP contribution in [0.25, 0.3) is 11.5 Å². The molecule has 4 rings (SSSR count).